The molecular weight excluding hydrogens is 793 g/mol. The molecule has 5 aromatic heterocycles. The maximum Gasteiger partial charge on any atom is 0.435 e. The molecule has 2 atom stereocenters. The molecule has 0 bridgehead atoms. The van der Waals surface area contributed by atoms with Gasteiger partial charge in [0.15, 0.2) is 17.7 Å². The van der Waals surface area contributed by atoms with Crippen molar-refractivity contribution < 1.29 is 45.1 Å². The first-order chi connectivity index (χ1) is 28.1. The van der Waals surface area contributed by atoms with Crippen LogP contribution in [-0.2, 0) is 35.1 Å². The standard InChI is InChI=1S/C37H35F7N12O3/c1-36(2,18-55-26(25-15-45-52-50-25)13-29(51-55)37(42,43)44)49-33(57)28(11-19-14-46-54(17-19)35(40)41)53-9-8-20-21(6-7-22(38)31(20)34(53)58)32-23(39)12-27-24(48-32)16-47-56(27)30-5-3-4-10-59-30/h6-7,12-17,28,30,35H,3-5,8-11,18H2,1-2H3,(H,49,57)(H,45,50,52)/t28-,30?/m1/s1. The van der Waals surface area contributed by atoms with Crippen molar-refractivity contribution in [2.24, 2.45) is 0 Å². The third kappa shape index (κ3) is 7.75. The van der Waals surface area contributed by atoms with Gasteiger partial charge < -0.3 is 15.0 Å². The second-order valence-electron chi connectivity index (χ2n) is 15.0. The fourth-order valence-corrected chi connectivity index (χ4v) is 7.59. The number of pyridine rings is 1. The largest absolute Gasteiger partial charge is 0.435 e. The summed E-state index contributed by atoms with van der Waals surface area (Å²) in [6.07, 6.45) is 1.63. The number of aromatic nitrogens is 10. The number of hydrogen-bond acceptors (Lipinski definition) is 9. The van der Waals surface area contributed by atoms with Crippen LogP contribution in [0, 0.1) is 11.6 Å². The molecule has 0 aliphatic carbocycles. The summed E-state index contributed by atoms with van der Waals surface area (Å²) in [4.78, 5) is 34.3. The van der Waals surface area contributed by atoms with Crippen LogP contribution in [0.25, 0.3) is 33.7 Å². The molecule has 6 aromatic rings. The van der Waals surface area contributed by atoms with Crippen molar-refractivity contribution in [3.8, 4) is 22.6 Å². The van der Waals surface area contributed by atoms with Crippen molar-refractivity contribution in [2.75, 3.05) is 13.2 Å². The van der Waals surface area contributed by atoms with E-state index in [0.29, 0.717) is 28.7 Å². The number of nitrogens with one attached hydrogen (secondary N) is 2. The molecule has 1 aromatic carbocycles. The van der Waals surface area contributed by atoms with Gasteiger partial charge in [-0.2, -0.15) is 52.7 Å². The highest BCUT2D eigenvalue weighted by Gasteiger charge is 2.40. The smallest absolute Gasteiger partial charge is 0.356 e. The van der Waals surface area contributed by atoms with Crippen LogP contribution in [-0.4, -0.2) is 91.2 Å². The highest BCUT2D eigenvalue weighted by atomic mass is 19.4. The molecule has 0 radical (unpaired) electrons. The topological polar surface area (TPSA) is 167 Å². The lowest BCUT2D eigenvalue weighted by Crippen LogP contribution is -2.58. The van der Waals surface area contributed by atoms with Gasteiger partial charge in [-0.05, 0) is 68.9 Å². The number of carbonyl (C=O) groups excluding carboxylic acids is 2. The molecule has 2 aliphatic heterocycles. The van der Waals surface area contributed by atoms with Gasteiger partial charge >= 0.3 is 12.7 Å². The van der Waals surface area contributed by atoms with Crippen LogP contribution < -0.4 is 5.32 Å². The van der Waals surface area contributed by atoms with E-state index in [4.69, 9.17) is 4.74 Å². The maximum absolute atomic E-state index is 16.0. The summed E-state index contributed by atoms with van der Waals surface area (Å²) >= 11 is 0. The molecule has 0 spiro atoms. The molecule has 7 heterocycles. The van der Waals surface area contributed by atoms with Crippen molar-refractivity contribution in [1.82, 2.24) is 60.0 Å². The average molecular weight is 829 g/mol. The molecule has 1 saturated heterocycles. The summed E-state index contributed by atoms with van der Waals surface area (Å²) in [5.74, 6) is -3.48. The fraction of sp³-hybridized carbons (Fsp3) is 0.405. The Labute approximate surface area is 329 Å². The third-order valence-electron chi connectivity index (χ3n) is 10.3. The summed E-state index contributed by atoms with van der Waals surface area (Å²) in [5.41, 5.74) is -2.02. The molecule has 1 fully saturated rings. The molecule has 310 valence electrons. The normalized spacial score (nSPS) is 16.9. The number of alkyl halides is 5. The molecule has 2 aliphatic rings. The Bertz CT molecular complexity index is 2520. The third-order valence-corrected chi connectivity index (χ3v) is 10.3. The minimum Gasteiger partial charge on any atom is -0.356 e. The van der Waals surface area contributed by atoms with Crippen LogP contribution in [0.3, 0.4) is 0 Å². The van der Waals surface area contributed by atoms with Gasteiger partial charge in [-0.3, -0.25) is 14.3 Å². The first-order valence-electron chi connectivity index (χ1n) is 18.5. The Morgan fingerprint density at radius 3 is 2.58 bits per heavy atom. The Balaban J connectivity index is 1.11. The van der Waals surface area contributed by atoms with Crippen LogP contribution in [0.2, 0.25) is 0 Å². The Morgan fingerprint density at radius 2 is 1.88 bits per heavy atom. The number of ether oxygens (including phenoxy) is 1. The SMILES string of the molecule is CC(C)(Cn1nc(C(F)(F)F)cc1-c1cn[nH]n1)NC(=O)[C@@H](Cc1cnn(C(F)F)c1)N1CCc2c(-c3nc4cnn(C5CCCCO5)c4cc3F)ccc(F)c2C1=O. The van der Waals surface area contributed by atoms with E-state index in [1.807, 2.05) is 0 Å². The van der Waals surface area contributed by atoms with Crippen molar-refractivity contribution in [1.29, 1.82) is 0 Å². The molecule has 2 N–H and O–H groups in total. The van der Waals surface area contributed by atoms with E-state index < -0.39 is 59.0 Å². The van der Waals surface area contributed by atoms with Crippen LogP contribution in [0.15, 0.2) is 49.1 Å². The number of nitrogens with zero attached hydrogens (tertiary/aromatic N) is 10. The van der Waals surface area contributed by atoms with Crippen molar-refractivity contribution in [3.05, 3.63) is 83.1 Å². The van der Waals surface area contributed by atoms with Crippen molar-refractivity contribution in [2.45, 2.75) is 83.0 Å². The fourth-order valence-electron chi connectivity index (χ4n) is 7.59. The highest BCUT2D eigenvalue weighted by molar-refractivity contribution is 6.01. The van der Waals surface area contributed by atoms with Gasteiger partial charge in [-0.1, -0.05) is 0 Å². The lowest BCUT2D eigenvalue weighted by molar-refractivity contribution is -0.141. The van der Waals surface area contributed by atoms with Gasteiger partial charge in [0.25, 0.3) is 5.91 Å². The Kier molecular flexibility index (Phi) is 10.2. The maximum atomic E-state index is 16.0. The lowest BCUT2D eigenvalue weighted by Gasteiger charge is -2.37. The van der Waals surface area contributed by atoms with Crippen LogP contribution in [0.5, 0.6) is 0 Å². The summed E-state index contributed by atoms with van der Waals surface area (Å²) < 4.78 is 109. The number of amides is 2. The van der Waals surface area contributed by atoms with E-state index in [1.165, 1.54) is 38.4 Å². The number of H-pyrrole nitrogens is 1. The quantitative estimate of drug-likeness (QED) is 0.152. The molecule has 8 rings (SSSR count). The molecule has 0 saturated carbocycles. The summed E-state index contributed by atoms with van der Waals surface area (Å²) in [7, 11) is 0. The predicted molar refractivity (Wildman–Crippen MR) is 192 cm³/mol. The van der Waals surface area contributed by atoms with E-state index >= 15 is 8.78 Å². The van der Waals surface area contributed by atoms with Gasteiger partial charge in [0.1, 0.15) is 28.8 Å². The summed E-state index contributed by atoms with van der Waals surface area (Å²) in [5, 5.41) is 24.3. The number of aromatic amines is 1. The number of halogens is 7. The molecule has 22 heteroatoms. The van der Waals surface area contributed by atoms with Crippen molar-refractivity contribution in [3.63, 3.8) is 0 Å². The zero-order valence-corrected chi connectivity index (χ0v) is 31.4. The van der Waals surface area contributed by atoms with Gasteiger partial charge in [-0.15, -0.1) is 0 Å². The Hall–Kier alpha value is -6.19. The van der Waals surface area contributed by atoms with E-state index in [9.17, 15) is 31.5 Å². The predicted octanol–water partition coefficient (Wildman–Crippen LogP) is 5.87. The molecule has 15 nitrogen and oxygen atoms in total. The Morgan fingerprint density at radius 1 is 1.07 bits per heavy atom. The minimum absolute atomic E-state index is 0.0436. The zero-order chi connectivity index (χ0) is 41.8. The van der Waals surface area contributed by atoms with Gasteiger partial charge in [0.05, 0.1) is 47.4 Å². The second kappa shape index (κ2) is 15.2. The number of benzene rings is 1. The summed E-state index contributed by atoms with van der Waals surface area (Å²) in [6, 6.07) is 2.90. The van der Waals surface area contributed by atoms with E-state index in [2.05, 4.69) is 41.0 Å². The molecule has 1 unspecified atom stereocenters. The first kappa shape index (κ1) is 39.6. The zero-order valence-electron chi connectivity index (χ0n) is 31.4. The highest BCUT2D eigenvalue weighted by Crippen LogP contribution is 2.36. The minimum atomic E-state index is -4.81. The first-order valence-corrected chi connectivity index (χ1v) is 18.5. The lowest BCUT2D eigenvalue weighted by atomic mass is 9.90. The monoisotopic (exact) mass is 828 g/mol. The van der Waals surface area contributed by atoms with Gasteiger partial charge in [0.2, 0.25) is 5.91 Å². The van der Waals surface area contributed by atoms with Crippen LogP contribution in [0.4, 0.5) is 30.7 Å². The van der Waals surface area contributed by atoms with E-state index in [0.717, 1.165) is 46.9 Å². The van der Waals surface area contributed by atoms with Crippen LogP contribution in [0.1, 0.15) is 73.1 Å². The van der Waals surface area contributed by atoms with E-state index in [1.54, 1.807) is 4.68 Å². The average Bonchev–Trinajstić information content (AvgIpc) is 4.01. The van der Waals surface area contributed by atoms with Gasteiger partial charge in [0, 0.05) is 37.4 Å². The van der Waals surface area contributed by atoms with Gasteiger partial charge in [-0.25, -0.2) is 23.1 Å². The van der Waals surface area contributed by atoms with Crippen molar-refractivity contribution >= 4 is 22.8 Å². The molecule has 2 amide bonds. The van der Waals surface area contributed by atoms with Crippen LogP contribution >= 0.6 is 0 Å². The summed E-state index contributed by atoms with van der Waals surface area (Å²) in [6.45, 7) is -0.00516. The number of fused-ring (bicyclic) bond motifs is 2. The number of carbonyl (C=O) groups is 2. The van der Waals surface area contributed by atoms with E-state index in [-0.39, 0.29) is 65.9 Å². The number of rotatable bonds is 11. The molecule has 59 heavy (non-hydrogen) atoms. The second-order valence-corrected chi connectivity index (χ2v) is 15.0. The molecular formula is C37H35F7N12O3. The number of hydrogen-bond donors (Lipinski definition) is 2.